The summed E-state index contributed by atoms with van der Waals surface area (Å²) in [6, 6.07) is 6.41. The van der Waals surface area contributed by atoms with E-state index >= 15 is 0 Å². The molecule has 1 aromatic carbocycles. The van der Waals surface area contributed by atoms with Gasteiger partial charge < -0.3 is 15.5 Å². The zero-order valence-electron chi connectivity index (χ0n) is 12.2. The molecule has 3 rings (SSSR count). The van der Waals surface area contributed by atoms with E-state index in [1.807, 2.05) is 17.0 Å². The molecule has 0 spiro atoms. The summed E-state index contributed by atoms with van der Waals surface area (Å²) in [6.07, 6.45) is 2.62. The van der Waals surface area contributed by atoms with Crippen LogP contribution in [0.3, 0.4) is 0 Å². The molecule has 0 saturated carbocycles. The Morgan fingerprint density at radius 2 is 2.13 bits per heavy atom. The molecule has 0 aromatic heterocycles. The van der Waals surface area contributed by atoms with E-state index in [1.54, 1.807) is 12.1 Å². The van der Waals surface area contributed by atoms with E-state index in [1.165, 1.54) is 12.2 Å². The summed E-state index contributed by atoms with van der Waals surface area (Å²) in [7, 11) is 0. The van der Waals surface area contributed by atoms with E-state index in [0.717, 1.165) is 5.69 Å². The molecule has 2 aliphatic heterocycles. The molecule has 1 aromatic rings. The molecule has 2 aliphatic rings. The number of azo groups is 1. The molecule has 1 fully saturated rings. The van der Waals surface area contributed by atoms with Gasteiger partial charge in [0.25, 0.3) is 11.8 Å². The van der Waals surface area contributed by atoms with Gasteiger partial charge in [0, 0.05) is 19.2 Å². The molecule has 1 atom stereocenters. The van der Waals surface area contributed by atoms with E-state index in [-0.39, 0.29) is 18.4 Å². The van der Waals surface area contributed by atoms with Gasteiger partial charge in [-0.1, -0.05) is 12.1 Å². The van der Waals surface area contributed by atoms with Crippen molar-refractivity contribution in [2.24, 2.45) is 10.2 Å². The number of hydrogen-bond acceptors (Lipinski definition) is 5. The predicted octanol–water partition coefficient (Wildman–Crippen LogP) is 0.478. The Morgan fingerprint density at radius 1 is 1.30 bits per heavy atom. The Labute approximate surface area is 132 Å². The van der Waals surface area contributed by atoms with Crippen molar-refractivity contribution >= 4 is 29.1 Å². The van der Waals surface area contributed by atoms with Gasteiger partial charge in [0.2, 0.25) is 5.91 Å². The van der Waals surface area contributed by atoms with Crippen molar-refractivity contribution in [2.75, 3.05) is 29.9 Å². The van der Waals surface area contributed by atoms with Crippen LogP contribution in [0.15, 0.2) is 46.6 Å². The van der Waals surface area contributed by atoms with Gasteiger partial charge >= 0.3 is 0 Å². The highest BCUT2D eigenvalue weighted by Crippen LogP contribution is 2.26. The summed E-state index contributed by atoms with van der Waals surface area (Å²) in [4.78, 5) is 36.7. The number of piperazine rings is 1. The molecule has 3 amide bonds. The van der Waals surface area contributed by atoms with Crippen molar-refractivity contribution in [3.8, 4) is 0 Å². The predicted molar refractivity (Wildman–Crippen MR) is 83.1 cm³/mol. The first kappa shape index (κ1) is 14.9. The molecule has 8 heteroatoms. The van der Waals surface area contributed by atoms with Crippen LogP contribution < -0.4 is 15.5 Å². The number of carbonyl (C=O) groups is 3. The Bertz CT molecular complexity index is 697. The summed E-state index contributed by atoms with van der Waals surface area (Å²) in [5, 5.41) is 12.6. The maximum Gasteiger partial charge on any atom is 0.287 e. The lowest BCUT2D eigenvalue weighted by atomic mass is 10.2. The first-order chi connectivity index (χ1) is 11.1. The number of anilines is 2. The molecule has 2 heterocycles. The summed E-state index contributed by atoms with van der Waals surface area (Å²) in [5.41, 5.74) is 1.36. The van der Waals surface area contributed by atoms with Crippen LogP contribution in [0.1, 0.15) is 0 Å². The quantitative estimate of drug-likeness (QED) is 0.847. The molecule has 0 bridgehead atoms. The topological polar surface area (TPSA) is 103 Å². The van der Waals surface area contributed by atoms with Gasteiger partial charge in [-0.2, -0.15) is 5.11 Å². The number of amides is 3. The number of benzene rings is 1. The first-order valence-corrected chi connectivity index (χ1v) is 7.18. The summed E-state index contributed by atoms with van der Waals surface area (Å²) < 4.78 is 0. The highest BCUT2D eigenvalue weighted by atomic mass is 16.2. The van der Waals surface area contributed by atoms with Crippen LogP contribution in [0.2, 0.25) is 0 Å². The van der Waals surface area contributed by atoms with Crippen LogP contribution in [0.5, 0.6) is 0 Å². The van der Waals surface area contributed by atoms with Crippen molar-refractivity contribution in [3.05, 3.63) is 36.4 Å². The molecule has 23 heavy (non-hydrogen) atoms. The zero-order valence-corrected chi connectivity index (χ0v) is 12.2. The van der Waals surface area contributed by atoms with Gasteiger partial charge in [0.1, 0.15) is 0 Å². The van der Waals surface area contributed by atoms with E-state index in [0.29, 0.717) is 18.8 Å². The molecule has 0 aliphatic carbocycles. The number of nitrogens with zero attached hydrogens (tertiary/aromatic N) is 3. The first-order valence-electron chi connectivity index (χ1n) is 7.18. The largest absolute Gasteiger partial charge is 0.359 e. The lowest BCUT2D eigenvalue weighted by molar-refractivity contribution is -0.120. The van der Waals surface area contributed by atoms with Crippen LogP contribution in [-0.2, 0) is 14.4 Å². The van der Waals surface area contributed by atoms with Gasteiger partial charge in [0.05, 0.1) is 17.9 Å². The number of carbonyl (C=O) groups excluding carboxylic acids is 3. The Kier molecular flexibility index (Phi) is 4.13. The Hall–Kier alpha value is -3.03. The van der Waals surface area contributed by atoms with Gasteiger partial charge in [-0.3, -0.25) is 14.4 Å². The van der Waals surface area contributed by atoms with Crippen molar-refractivity contribution in [1.29, 1.82) is 0 Å². The zero-order chi connectivity index (χ0) is 16.2. The fourth-order valence-corrected chi connectivity index (χ4v) is 2.41. The summed E-state index contributed by atoms with van der Waals surface area (Å²) in [5.74, 6) is -0.917. The minimum absolute atomic E-state index is 0.0556. The van der Waals surface area contributed by atoms with E-state index < -0.39 is 11.9 Å². The number of nitrogens with one attached hydrogen (secondary N) is 2. The standard InChI is InChI=1S/C15H15N5O3/c21-13-6-5-11(18-19-13)15(23)17-10-3-1-2-4-12(10)20-8-7-16-14(22)9-20/h1-6,11H,7-9H2,(H,16,22)(H,17,23). The molecule has 2 N–H and O–H groups in total. The third-order valence-electron chi connectivity index (χ3n) is 3.51. The van der Waals surface area contributed by atoms with Gasteiger partial charge in [-0.25, -0.2) is 0 Å². The van der Waals surface area contributed by atoms with Crippen molar-refractivity contribution in [1.82, 2.24) is 5.32 Å². The molecular weight excluding hydrogens is 298 g/mol. The maximum absolute atomic E-state index is 12.2. The lowest BCUT2D eigenvalue weighted by Crippen LogP contribution is -2.48. The smallest absolute Gasteiger partial charge is 0.287 e. The second-order valence-electron chi connectivity index (χ2n) is 5.14. The third-order valence-corrected chi connectivity index (χ3v) is 3.51. The average Bonchev–Trinajstić information content (AvgIpc) is 2.56. The fourth-order valence-electron chi connectivity index (χ4n) is 2.41. The van der Waals surface area contributed by atoms with Crippen LogP contribution >= 0.6 is 0 Å². The lowest BCUT2D eigenvalue weighted by Gasteiger charge is -2.30. The normalized spacial score (nSPS) is 20.3. The maximum atomic E-state index is 12.2. The van der Waals surface area contributed by atoms with Crippen molar-refractivity contribution in [3.63, 3.8) is 0 Å². The molecule has 1 unspecified atom stereocenters. The third kappa shape index (κ3) is 3.42. The average molecular weight is 313 g/mol. The Morgan fingerprint density at radius 3 is 2.87 bits per heavy atom. The monoisotopic (exact) mass is 313 g/mol. The second-order valence-corrected chi connectivity index (χ2v) is 5.14. The Balaban J connectivity index is 1.76. The van der Waals surface area contributed by atoms with Crippen LogP contribution in [0, 0.1) is 0 Å². The number of para-hydroxylation sites is 2. The summed E-state index contributed by atoms with van der Waals surface area (Å²) >= 11 is 0. The molecular formula is C15H15N5O3. The highest BCUT2D eigenvalue weighted by molar-refractivity contribution is 6.01. The number of hydrogen-bond donors (Lipinski definition) is 2. The second kappa shape index (κ2) is 6.39. The van der Waals surface area contributed by atoms with Gasteiger partial charge in [-0.15, -0.1) is 5.11 Å². The fraction of sp³-hybridized carbons (Fsp3) is 0.267. The van der Waals surface area contributed by atoms with Crippen LogP contribution in [0.4, 0.5) is 11.4 Å². The van der Waals surface area contributed by atoms with E-state index in [9.17, 15) is 14.4 Å². The SMILES string of the molecule is O=C1C=CC(C(=O)Nc2ccccc2N2CCNC(=O)C2)N=N1. The van der Waals surface area contributed by atoms with Crippen molar-refractivity contribution in [2.45, 2.75) is 6.04 Å². The molecule has 1 saturated heterocycles. The number of rotatable bonds is 3. The molecule has 0 radical (unpaired) electrons. The summed E-state index contributed by atoms with van der Waals surface area (Å²) in [6.45, 7) is 1.46. The van der Waals surface area contributed by atoms with Crippen molar-refractivity contribution < 1.29 is 14.4 Å². The minimum Gasteiger partial charge on any atom is -0.359 e. The van der Waals surface area contributed by atoms with E-state index in [2.05, 4.69) is 20.9 Å². The highest BCUT2D eigenvalue weighted by Gasteiger charge is 2.22. The van der Waals surface area contributed by atoms with E-state index in [4.69, 9.17) is 0 Å². The minimum atomic E-state index is -0.828. The molecule has 8 nitrogen and oxygen atoms in total. The van der Waals surface area contributed by atoms with Gasteiger partial charge in [-0.05, 0) is 18.2 Å². The van der Waals surface area contributed by atoms with Gasteiger partial charge in [0.15, 0.2) is 6.04 Å². The van der Waals surface area contributed by atoms with Crippen LogP contribution in [0.25, 0.3) is 0 Å². The molecule has 118 valence electrons. The van der Waals surface area contributed by atoms with Crippen LogP contribution in [-0.4, -0.2) is 43.4 Å².